The number of nitrogens with one attached hydrogen (secondary N) is 1. The van der Waals surface area contributed by atoms with Crippen LogP contribution >= 0.6 is 23.2 Å². The van der Waals surface area contributed by atoms with E-state index in [0.29, 0.717) is 34.7 Å². The lowest BCUT2D eigenvalue weighted by atomic mass is 9.86. The number of H-pyrrole nitrogens is 1. The molecule has 4 nitrogen and oxygen atoms in total. The second-order valence-corrected chi connectivity index (χ2v) is 8.13. The van der Waals surface area contributed by atoms with Crippen LogP contribution in [0.25, 0.3) is 10.9 Å². The summed E-state index contributed by atoms with van der Waals surface area (Å²) in [5, 5.41) is 11.9. The molecule has 1 amide bonds. The summed E-state index contributed by atoms with van der Waals surface area (Å²) in [6.07, 6.45) is 2.61. The number of carbonyl (C=O) groups excluding carboxylic acids is 1. The van der Waals surface area contributed by atoms with E-state index in [9.17, 15) is 9.90 Å². The molecule has 0 saturated carbocycles. The lowest BCUT2D eigenvalue weighted by Crippen LogP contribution is -2.40. The van der Waals surface area contributed by atoms with Crippen molar-refractivity contribution in [2.75, 3.05) is 13.1 Å². The van der Waals surface area contributed by atoms with Crippen molar-refractivity contribution in [3.63, 3.8) is 0 Å². The van der Waals surface area contributed by atoms with Gasteiger partial charge in [-0.15, -0.1) is 0 Å². The second-order valence-electron chi connectivity index (χ2n) is 7.29. The summed E-state index contributed by atoms with van der Waals surface area (Å²) in [7, 11) is 0. The van der Waals surface area contributed by atoms with Crippen LogP contribution in [-0.2, 0) is 0 Å². The number of benzene rings is 1. The molecule has 0 spiro atoms. The normalized spacial score (nSPS) is 16.8. The number of aliphatic hydroxyl groups is 1. The molecule has 1 aliphatic rings. The van der Waals surface area contributed by atoms with Gasteiger partial charge in [0.05, 0.1) is 16.1 Å². The van der Waals surface area contributed by atoms with E-state index in [-0.39, 0.29) is 5.91 Å². The fourth-order valence-electron chi connectivity index (χ4n) is 3.50. The molecule has 2 heterocycles. The topological polar surface area (TPSA) is 56.3 Å². The van der Waals surface area contributed by atoms with E-state index >= 15 is 0 Å². The predicted octanol–water partition coefficient (Wildman–Crippen LogP) is 4.49. The minimum atomic E-state index is -0.649. The summed E-state index contributed by atoms with van der Waals surface area (Å²) < 4.78 is 0. The third-order valence-corrected chi connectivity index (χ3v) is 5.08. The fourth-order valence-corrected chi connectivity index (χ4v) is 4.05. The molecule has 0 unspecified atom stereocenters. The highest BCUT2D eigenvalue weighted by molar-refractivity contribution is 6.38. The first-order valence-corrected chi connectivity index (χ1v) is 8.98. The Morgan fingerprint density at radius 1 is 1.29 bits per heavy atom. The van der Waals surface area contributed by atoms with E-state index < -0.39 is 5.60 Å². The van der Waals surface area contributed by atoms with Crippen LogP contribution in [0.5, 0.6) is 0 Å². The zero-order valence-electron chi connectivity index (χ0n) is 13.9. The number of hydrogen-bond acceptors (Lipinski definition) is 2. The van der Waals surface area contributed by atoms with E-state index in [1.54, 1.807) is 18.2 Å². The molecule has 2 aromatic rings. The van der Waals surface area contributed by atoms with E-state index in [1.807, 2.05) is 18.7 Å². The van der Waals surface area contributed by atoms with Crippen molar-refractivity contribution >= 4 is 40.0 Å². The summed E-state index contributed by atoms with van der Waals surface area (Å²) in [5.41, 5.74) is 0.626. The van der Waals surface area contributed by atoms with Gasteiger partial charge in [-0.3, -0.25) is 4.79 Å². The molecule has 1 aromatic carbocycles. The smallest absolute Gasteiger partial charge is 0.270 e. The van der Waals surface area contributed by atoms with E-state index in [4.69, 9.17) is 23.2 Å². The Morgan fingerprint density at radius 3 is 2.58 bits per heavy atom. The number of aromatic amines is 1. The number of rotatable bonds is 3. The van der Waals surface area contributed by atoms with E-state index in [0.717, 1.165) is 30.2 Å². The molecule has 1 aliphatic heterocycles. The Bertz CT molecular complexity index is 756. The molecular weight excluding hydrogens is 347 g/mol. The molecule has 1 fully saturated rings. The van der Waals surface area contributed by atoms with Gasteiger partial charge in [0, 0.05) is 23.5 Å². The van der Waals surface area contributed by atoms with Crippen molar-refractivity contribution in [3.05, 3.63) is 33.9 Å². The first-order valence-electron chi connectivity index (χ1n) is 8.22. The highest BCUT2D eigenvalue weighted by atomic mass is 35.5. The quantitative estimate of drug-likeness (QED) is 0.838. The van der Waals surface area contributed by atoms with Crippen LogP contribution in [0.1, 0.15) is 43.6 Å². The van der Waals surface area contributed by atoms with Gasteiger partial charge in [-0.05, 0) is 57.2 Å². The van der Waals surface area contributed by atoms with Gasteiger partial charge in [0.15, 0.2) is 0 Å². The summed E-state index contributed by atoms with van der Waals surface area (Å²) >= 11 is 12.2. The average Bonchev–Trinajstić information content (AvgIpc) is 2.90. The summed E-state index contributed by atoms with van der Waals surface area (Å²) in [6.45, 7) is 5.10. The number of nitrogens with zero attached hydrogens (tertiary/aromatic N) is 1. The van der Waals surface area contributed by atoms with Gasteiger partial charge in [-0.25, -0.2) is 0 Å². The van der Waals surface area contributed by atoms with Gasteiger partial charge in [-0.1, -0.05) is 23.2 Å². The Labute approximate surface area is 151 Å². The number of fused-ring (bicyclic) bond motifs is 1. The Balaban J connectivity index is 1.71. The largest absolute Gasteiger partial charge is 0.390 e. The predicted molar refractivity (Wildman–Crippen MR) is 97.9 cm³/mol. The minimum Gasteiger partial charge on any atom is -0.390 e. The Hall–Kier alpha value is -1.23. The fraction of sp³-hybridized carbons (Fsp3) is 0.500. The van der Waals surface area contributed by atoms with Crippen LogP contribution in [-0.4, -0.2) is 39.6 Å². The van der Waals surface area contributed by atoms with E-state index in [1.165, 1.54) is 0 Å². The summed E-state index contributed by atoms with van der Waals surface area (Å²) in [5.74, 6) is 0.449. The highest BCUT2D eigenvalue weighted by Crippen LogP contribution is 2.30. The molecule has 0 bridgehead atoms. The summed E-state index contributed by atoms with van der Waals surface area (Å²) in [6, 6.07) is 5.27. The molecule has 0 radical (unpaired) electrons. The second kappa shape index (κ2) is 6.58. The van der Waals surface area contributed by atoms with Crippen LogP contribution in [0.15, 0.2) is 18.2 Å². The van der Waals surface area contributed by atoms with Crippen LogP contribution in [0.4, 0.5) is 0 Å². The molecule has 6 heteroatoms. The average molecular weight is 369 g/mol. The SMILES string of the molecule is CC(C)(O)CC1CCN(C(=O)c2cc3cc(Cl)cc(Cl)c3[nH]2)CC1. The van der Waals surface area contributed by atoms with E-state index in [2.05, 4.69) is 4.98 Å². The lowest BCUT2D eigenvalue weighted by Gasteiger charge is -2.34. The molecule has 2 N–H and O–H groups in total. The Kier molecular flexibility index (Phi) is 4.82. The molecule has 1 aromatic heterocycles. The summed E-state index contributed by atoms with van der Waals surface area (Å²) in [4.78, 5) is 17.7. The molecule has 3 rings (SSSR count). The van der Waals surface area contributed by atoms with Crippen molar-refractivity contribution in [1.82, 2.24) is 9.88 Å². The first kappa shape index (κ1) is 17.6. The maximum absolute atomic E-state index is 12.7. The standard InChI is InChI=1S/C18H22Cl2N2O2/c1-18(2,24)10-11-3-5-22(6-4-11)17(23)15-8-12-7-13(19)9-14(20)16(12)21-15/h7-9,11,21,24H,3-6,10H2,1-2H3. The first-order chi connectivity index (χ1) is 11.2. The molecule has 0 atom stereocenters. The zero-order valence-corrected chi connectivity index (χ0v) is 15.4. The van der Waals surface area contributed by atoms with Gasteiger partial charge < -0.3 is 15.0 Å². The molecule has 1 saturated heterocycles. The molecule has 130 valence electrons. The number of amides is 1. The van der Waals surface area contributed by atoms with Crippen molar-refractivity contribution < 1.29 is 9.90 Å². The third kappa shape index (κ3) is 3.88. The maximum atomic E-state index is 12.7. The van der Waals surface area contributed by atoms with Crippen LogP contribution in [0.3, 0.4) is 0 Å². The van der Waals surface area contributed by atoms with Gasteiger partial charge in [-0.2, -0.15) is 0 Å². The van der Waals surface area contributed by atoms with Gasteiger partial charge >= 0.3 is 0 Å². The lowest BCUT2D eigenvalue weighted by molar-refractivity contribution is 0.0357. The minimum absolute atomic E-state index is 0.0138. The number of piperidine rings is 1. The molecular formula is C18H22Cl2N2O2. The van der Waals surface area contributed by atoms with Gasteiger partial charge in [0.25, 0.3) is 5.91 Å². The van der Waals surface area contributed by atoms with Gasteiger partial charge in [0.1, 0.15) is 5.69 Å². The molecule has 0 aliphatic carbocycles. The number of carbonyl (C=O) groups is 1. The van der Waals surface area contributed by atoms with Crippen molar-refractivity contribution in [1.29, 1.82) is 0 Å². The van der Waals surface area contributed by atoms with Crippen molar-refractivity contribution in [2.24, 2.45) is 5.92 Å². The number of halogens is 2. The third-order valence-electron chi connectivity index (χ3n) is 4.57. The monoisotopic (exact) mass is 368 g/mol. The maximum Gasteiger partial charge on any atom is 0.270 e. The number of hydrogen-bond donors (Lipinski definition) is 2. The number of aromatic nitrogens is 1. The van der Waals surface area contributed by atoms with Crippen LogP contribution in [0.2, 0.25) is 10.0 Å². The van der Waals surface area contributed by atoms with Crippen LogP contribution < -0.4 is 0 Å². The van der Waals surface area contributed by atoms with Crippen LogP contribution in [0, 0.1) is 5.92 Å². The number of likely N-dealkylation sites (tertiary alicyclic amines) is 1. The molecule has 24 heavy (non-hydrogen) atoms. The van der Waals surface area contributed by atoms with Crippen molar-refractivity contribution in [2.45, 2.75) is 38.7 Å². The zero-order chi connectivity index (χ0) is 17.5. The highest BCUT2D eigenvalue weighted by Gasteiger charge is 2.28. The van der Waals surface area contributed by atoms with Crippen molar-refractivity contribution in [3.8, 4) is 0 Å². The Morgan fingerprint density at radius 2 is 1.96 bits per heavy atom. The van der Waals surface area contributed by atoms with Gasteiger partial charge in [0.2, 0.25) is 0 Å².